The Morgan fingerprint density at radius 2 is 2.00 bits per heavy atom. The summed E-state index contributed by atoms with van der Waals surface area (Å²) in [4.78, 5) is 12.5. The zero-order valence-corrected chi connectivity index (χ0v) is 14.1. The minimum absolute atomic E-state index is 0.0534. The third-order valence-electron chi connectivity index (χ3n) is 5.09. The molecule has 1 aliphatic rings. The van der Waals surface area contributed by atoms with Crippen molar-refractivity contribution in [3.8, 4) is 0 Å². The van der Waals surface area contributed by atoms with Crippen LogP contribution in [0.5, 0.6) is 0 Å². The topological polar surface area (TPSA) is 42.2 Å². The van der Waals surface area contributed by atoms with Crippen molar-refractivity contribution in [1.29, 1.82) is 0 Å². The number of benzene rings is 2. The molecule has 0 spiro atoms. The molecule has 1 atom stereocenters. The molecule has 0 aliphatic heterocycles. The van der Waals surface area contributed by atoms with Crippen LogP contribution in [0, 0.1) is 13.8 Å². The van der Waals surface area contributed by atoms with Gasteiger partial charge >= 0.3 is 0 Å². The van der Waals surface area contributed by atoms with E-state index in [4.69, 9.17) is 4.42 Å². The van der Waals surface area contributed by atoms with Crippen LogP contribution >= 0.6 is 0 Å². The molecule has 2 aromatic carbocycles. The second-order valence-corrected chi connectivity index (χ2v) is 6.73. The van der Waals surface area contributed by atoms with Crippen LogP contribution in [0.1, 0.15) is 40.3 Å². The second-order valence-electron chi connectivity index (χ2n) is 6.73. The molecule has 0 radical (unpaired) electrons. The van der Waals surface area contributed by atoms with Gasteiger partial charge in [-0.1, -0.05) is 24.3 Å². The van der Waals surface area contributed by atoms with Gasteiger partial charge in [0.15, 0.2) is 0 Å². The maximum atomic E-state index is 12.5. The van der Waals surface area contributed by atoms with Crippen LogP contribution in [-0.2, 0) is 17.6 Å². The van der Waals surface area contributed by atoms with Crippen molar-refractivity contribution in [2.24, 2.45) is 0 Å². The highest BCUT2D eigenvalue weighted by Crippen LogP contribution is 2.31. The first kappa shape index (κ1) is 15.0. The molecule has 1 aromatic heterocycles. The quantitative estimate of drug-likeness (QED) is 0.777. The van der Waals surface area contributed by atoms with Crippen molar-refractivity contribution in [2.45, 2.75) is 39.2 Å². The van der Waals surface area contributed by atoms with Crippen LogP contribution in [0.4, 0.5) is 0 Å². The van der Waals surface area contributed by atoms with Gasteiger partial charge in [0.1, 0.15) is 5.58 Å². The fraction of sp³-hybridized carbons (Fsp3) is 0.286. The third kappa shape index (κ3) is 2.60. The summed E-state index contributed by atoms with van der Waals surface area (Å²) in [5, 5.41) is 4.23. The molecule has 3 heteroatoms. The van der Waals surface area contributed by atoms with Gasteiger partial charge in [0.25, 0.3) is 0 Å². The predicted octanol–water partition coefficient (Wildman–Crippen LogP) is 4.40. The molecule has 122 valence electrons. The highest BCUT2D eigenvalue weighted by atomic mass is 16.3. The van der Waals surface area contributed by atoms with Gasteiger partial charge in [0.2, 0.25) is 5.91 Å². The molecule has 0 fully saturated rings. The summed E-state index contributed by atoms with van der Waals surface area (Å²) in [6.45, 7) is 4.16. The van der Waals surface area contributed by atoms with Crippen molar-refractivity contribution < 1.29 is 9.21 Å². The molecule has 1 N–H and O–H groups in total. The van der Waals surface area contributed by atoms with E-state index in [1.165, 1.54) is 22.3 Å². The Bertz CT molecular complexity index is 923. The van der Waals surface area contributed by atoms with E-state index in [2.05, 4.69) is 43.4 Å². The first-order valence-corrected chi connectivity index (χ1v) is 8.46. The maximum Gasteiger partial charge on any atom is 0.225 e. The summed E-state index contributed by atoms with van der Waals surface area (Å²) in [5.41, 5.74) is 6.84. The first-order valence-electron chi connectivity index (χ1n) is 8.46. The Kier molecular flexibility index (Phi) is 3.64. The van der Waals surface area contributed by atoms with Gasteiger partial charge in [-0.2, -0.15) is 0 Å². The van der Waals surface area contributed by atoms with E-state index < -0.39 is 0 Å². The summed E-state index contributed by atoms with van der Waals surface area (Å²) in [5.74, 6) is 0.0534. The summed E-state index contributed by atoms with van der Waals surface area (Å²) < 4.78 is 5.63. The fourth-order valence-electron chi connectivity index (χ4n) is 3.60. The number of carbonyl (C=O) groups is 1. The van der Waals surface area contributed by atoms with Crippen LogP contribution in [0.3, 0.4) is 0 Å². The third-order valence-corrected chi connectivity index (χ3v) is 5.09. The van der Waals surface area contributed by atoms with Crippen molar-refractivity contribution in [3.63, 3.8) is 0 Å². The highest BCUT2D eigenvalue weighted by Gasteiger charge is 2.23. The molecule has 0 unspecified atom stereocenters. The lowest BCUT2D eigenvalue weighted by Gasteiger charge is -2.13. The molecular weight excluding hydrogens is 298 g/mol. The number of aryl methyl sites for hydroxylation is 3. The molecule has 24 heavy (non-hydrogen) atoms. The Labute approximate surface area is 141 Å². The van der Waals surface area contributed by atoms with Gasteiger partial charge in [0.05, 0.1) is 18.7 Å². The molecule has 0 saturated carbocycles. The second kappa shape index (κ2) is 5.82. The van der Waals surface area contributed by atoms with Crippen LogP contribution in [0.2, 0.25) is 0 Å². The number of carbonyl (C=O) groups excluding carboxylic acids is 1. The smallest absolute Gasteiger partial charge is 0.225 e. The van der Waals surface area contributed by atoms with Gasteiger partial charge in [-0.15, -0.1) is 0 Å². The fourth-order valence-corrected chi connectivity index (χ4v) is 3.60. The van der Waals surface area contributed by atoms with Gasteiger partial charge in [-0.25, -0.2) is 0 Å². The number of fused-ring (bicyclic) bond motifs is 2. The SMILES string of the molecule is Cc1cc2occ(CC(=O)N[C@@H]3CCc4ccccc43)c2cc1C. The average Bonchev–Trinajstić information content (AvgIpc) is 3.13. The van der Waals surface area contributed by atoms with Gasteiger partial charge in [-0.3, -0.25) is 4.79 Å². The van der Waals surface area contributed by atoms with Crippen molar-refractivity contribution in [1.82, 2.24) is 5.32 Å². The summed E-state index contributed by atoms with van der Waals surface area (Å²) in [6, 6.07) is 12.7. The van der Waals surface area contributed by atoms with E-state index in [-0.39, 0.29) is 11.9 Å². The van der Waals surface area contributed by atoms with Crippen LogP contribution in [0.25, 0.3) is 11.0 Å². The summed E-state index contributed by atoms with van der Waals surface area (Å²) in [7, 11) is 0. The number of amides is 1. The minimum Gasteiger partial charge on any atom is -0.464 e. The Morgan fingerprint density at radius 1 is 1.21 bits per heavy atom. The number of hydrogen-bond donors (Lipinski definition) is 1. The molecule has 3 aromatic rings. The van der Waals surface area contributed by atoms with E-state index in [9.17, 15) is 4.79 Å². The first-order chi connectivity index (χ1) is 11.6. The predicted molar refractivity (Wildman–Crippen MR) is 95.0 cm³/mol. The van der Waals surface area contributed by atoms with Crippen molar-refractivity contribution in [2.75, 3.05) is 0 Å². The van der Waals surface area contributed by atoms with E-state index >= 15 is 0 Å². The molecular formula is C21H21NO2. The Morgan fingerprint density at radius 3 is 2.88 bits per heavy atom. The molecule has 1 amide bonds. The Balaban J connectivity index is 1.52. The monoisotopic (exact) mass is 319 g/mol. The van der Waals surface area contributed by atoms with Crippen molar-refractivity contribution in [3.05, 3.63) is 70.5 Å². The maximum absolute atomic E-state index is 12.5. The standard InChI is InChI=1S/C21H21NO2/c1-13-9-18-16(12-24-20(18)10-14(13)2)11-21(23)22-19-8-7-15-5-3-4-6-17(15)19/h3-6,9-10,12,19H,7-8,11H2,1-2H3,(H,22,23)/t19-/m1/s1. The lowest BCUT2D eigenvalue weighted by Crippen LogP contribution is -2.28. The van der Waals surface area contributed by atoms with E-state index in [0.29, 0.717) is 6.42 Å². The number of rotatable bonds is 3. The molecule has 3 nitrogen and oxygen atoms in total. The minimum atomic E-state index is 0.0534. The van der Waals surface area contributed by atoms with E-state index in [0.717, 1.165) is 29.4 Å². The molecule has 1 aliphatic carbocycles. The molecule has 0 saturated heterocycles. The Hall–Kier alpha value is -2.55. The number of furan rings is 1. The normalized spacial score (nSPS) is 16.3. The summed E-state index contributed by atoms with van der Waals surface area (Å²) in [6.07, 6.45) is 4.09. The summed E-state index contributed by atoms with van der Waals surface area (Å²) >= 11 is 0. The molecule has 0 bridgehead atoms. The lowest BCUT2D eigenvalue weighted by atomic mass is 10.0. The van der Waals surface area contributed by atoms with Crippen molar-refractivity contribution >= 4 is 16.9 Å². The lowest BCUT2D eigenvalue weighted by molar-refractivity contribution is -0.121. The molecule has 4 rings (SSSR count). The van der Waals surface area contributed by atoms with E-state index in [1.54, 1.807) is 6.26 Å². The number of nitrogens with one attached hydrogen (secondary N) is 1. The highest BCUT2D eigenvalue weighted by molar-refractivity contribution is 5.88. The van der Waals surface area contributed by atoms with Crippen LogP contribution < -0.4 is 5.32 Å². The van der Waals surface area contributed by atoms with Crippen LogP contribution in [-0.4, -0.2) is 5.91 Å². The zero-order valence-electron chi connectivity index (χ0n) is 14.1. The average molecular weight is 319 g/mol. The molecule has 1 heterocycles. The zero-order chi connectivity index (χ0) is 16.7. The number of hydrogen-bond acceptors (Lipinski definition) is 2. The van der Waals surface area contributed by atoms with Crippen LogP contribution in [0.15, 0.2) is 47.1 Å². The van der Waals surface area contributed by atoms with Gasteiger partial charge < -0.3 is 9.73 Å². The van der Waals surface area contributed by atoms with E-state index in [1.807, 2.05) is 12.1 Å². The largest absolute Gasteiger partial charge is 0.464 e. The van der Waals surface area contributed by atoms with Gasteiger partial charge in [0, 0.05) is 10.9 Å². The van der Waals surface area contributed by atoms with Gasteiger partial charge in [-0.05, 0) is 61.1 Å².